The van der Waals surface area contributed by atoms with Crippen LogP contribution in [-0.4, -0.2) is 4.98 Å². The van der Waals surface area contributed by atoms with E-state index in [-0.39, 0.29) is 0 Å². The number of para-hydroxylation sites is 2. The van der Waals surface area contributed by atoms with Crippen LogP contribution in [0.1, 0.15) is 0 Å². The van der Waals surface area contributed by atoms with Crippen LogP contribution in [0.5, 0.6) is 0 Å². The molecule has 2 N–H and O–H groups in total. The van der Waals surface area contributed by atoms with Crippen molar-refractivity contribution >= 4 is 54.7 Å². The van der Waals surface area contributed by atoms with Crippen LogP contribution in [0, 0.1) is 0 Å². The number of aromatic nitrogens is 1. The molecule has 2 nitrogen and oxygen atoms in total. The van der Waals surface area contributed by atoms with Gasteiger partial charge in [0.25, 0.3) is 0 Å². The Morgan fingerprint density at radius 3 is 2.02 bits per heavy atom. The fraction of sp³-hybridized carbons (Fsp3) is 0. The highest BCUT2D eigenvalue weighted by atomic mass is 14.9. The summed E-state index contributed by atoms with van der Waals surface area (Å²) >= 11 is 0. The first kappa shape index (κ1) is 22.6. The maximum atomic E-state index is 3.84. The fourth-order valence-corrected chi connectivity index (χ4v) is 6.16. The van der Waals surface area contributed by atoms with Gasteiger partial charge in [0, 0.05) is 44.2 Å². The Bertz CT molecular complexity index is 2190. The minimum absolute atomic E-state index is 1.08. The quantitative estimate of drug-likeness (QED) is 0.226. The van der Waals surface area contributed by atoms with Gasteiger partial charge in [-0.1, -0.05) is 127 Å². The van der Waals surface area contributed by atoms with E-state index in [1.807, 2.05) is 0 Å². The number of rotatable bonds is 4. The SMILES string of the molecule is c1ccc(-c2ccc3c([nH]c4ccccc43)c2-c2ccccc2Nc2cccc3c2ccc2ccccc23)cc1. The first-order chi connectivity index (χ1) is 19.8. The van der Waals surface area contributed by atoms with Crippen molar-refractivity contribution in [3.8, 4) is 22.3 Å². The van der Waals surface area contributed by atoms with E-state index in [9.17, 15) is 0 Å². The average molecular weight is 511 g/mol. The molecule has 40 heavy (non-hydrogen) atoms. The Balaban J connectivity index is 1.37. The zero-order valence-electron chi connectivity index (χ0n) is 21.9. The molecule has 188 valence electrons. The number of fused-ring (bicyclic) bond motifs is 6. The monoisotopic (exact) mass is 510 g/mol. The second-order valence-electron chi connectivity index (χ2n) is 10.3. The first-order valence-corrected chi connectivity index (χ1v) is 13.7. The van der Waals surface area contributed by atoms with Gasteiger partial charge in [-0.25, -0.2) is 0 Å². The summed E-state index contributed by atoms with van der Waals surface area (Å²) in [7, 11) is 0. The van der Waals surface area contributed by atoms with Crippen LogP contribution in [0.2, 0.25) is 0 Å². The van der Waals surface area contributed by atoms with Gasteiger partial charge in [-0.3, -0.25) is 0 Å². The summed E-state index contributed by atoms with van der Waals surface area (Å²) in [4.78, 5) is 3.77. The van der Waals surface area contributed by atoms with Gasteiger partial charge in [0.2, 0.25) is 0 Å². The van der Waals surface area contributed by atoms with E-state index >= 15 is 0 Å². The third kappa shape index (κ3) is 3.58. The molecule has 0 atom stereocenters. The van der Waals surface area contributed by atoms with E-state index in [1.54, 1.807) is 0 Å². The van der Waals surface area contributed by atoms with Crippen LogP contribution >= 0.6 is 0 Å². The predicted octanol–water partition coefficient (Wildman–Crippen LogP) is 10.7. The molecular weight excluding hydrogens is 484 g/mol. The molecule has 1 heterocycles. The van der Waals surface area contributed by atoms with Crippen LogP contribution < -0.4 is 5.32 Å². The molecule has 0 bridgehead atoms. The second-order valence-corrected chi connectivity index (χ2v) is 10.3. The van der Waals surface area contributed by atoms with Crippen molar-refractivity contribution in [2.75, 3.05) is 5.32 Å². The summed E-state index contributed by atoms with van der Waals surface area (Å²) in [6.07, 6.45) is 0. The first-order valence-electron chi connectivity index (χ1n) is 13.7. The zero-order valence-corrected chi connectivity index (χ0v) is 21.9. The molecule has 0 radical (unpaired) electrons. The maximum Gasteiger partial charge on any atom is 0.0551 e. The molecule has 0 saturated carbocycles. The topological polar surface area (TPSA) is 27.8 Å². The van der Waals surface area contributed by atoms with Crippen molar-refractivity contribution < 1.29 is 0 Å². The molecule has 0 fully saturated rings. The summed E-state index contributed by atoms with van der Waals surface area (Å²) in [5, 5.41) is 11.3. The molecule has 0 spiro atoms. The Hall–Kier alpha value is -5.34. The van der Waals surface area contributed by atoms with Gasteiger partial charge in [-0.05, 0) is 45.5 Å². The predicted molar refractivity (Wildman–Crippen MR) is 171 cm³/mol. The van der Waals surface area contributed by atoms with Crippen molar-refractivity contribution in [3.63, 3.8) is 0 Å². The van der Waals surface area contributed by atoms with Gasteiger partial charge in [0.15, 0.2) is 0 Å². The highest BCUT2D eigenvalue weighted by molar-refractivity contribution is 6.16. The Morgan fingerprint density at radius 2 is 1.10 bits per heavy atom. The highest BCUT2D eigenvalue weighted by Gasteiger charge is 2.18. The third-order valence-electron chi connectivity index (χ3n) is 8.02. The summed E-state index contributed by atoms with van der Waals surface area (Å²) in [6, 6.07) is 52.0. The number of anilines is 2. The van der Waals surface area contributed by atoms with E-state index in [4.69, 9.17) is 0 Å². The average Bonchev–Trinajstić information content (AvgIpc) is 3.40. The molecule has 0 aliphatic carbocycles. The van der Waals surface area contributed by atoms with Crippen LogP contribution in [0.25, 0.3) is 65.6 Å². The second kappa shape index (κ2) is 9.14. The summed E-state index contributed by atoms with van der Waals surface area (Å²) < 4.78 is 0. The van der Waals surface area contributed by atoms with Crippen molar-refractivity contribution in [1.29, 1.82) is 0 Å². The van der Waals surface area contributed by atoms with Gasteiger partial charge in [0.05, 0.1) is 5.52 Å². The van der Waals surface area contributed by atoms with E-state index in [1.165, 1.54) is 49.0 Å². The van der Waals surface area contributed by atoms with Gasteiger partial charge >= 0.3 is 0 Å². The zero-order chi connectivity index (χ0) is 26.5. The van der Waals surface area contributed by atoms with Gasteiger partial charge < -0.3 is 10.3 Å². The lowest BCUT2D eigenvalue weighted by molar-refractivity contribution is 1.51. The number of hydrogen-bond donors (Lipinski definition) is 2. The standard InChI is InChI=1S/C38H26N2/c1-2-11-25(12-3-1)28-23-24-32-30-15-6-8-18-35(30)40-38(32)37(28)33-16-7-9-19-36(33)39-34-20-10-17-29-27-14-5-4-13-26(27)21-22-31(29)34/h1-24,39-40H. The Labute approximate surface area is 232 Å². The number of nitrogens with one attached hydrogen (secondary N) is 2. The number of hydrogen-bond acceptors (Lipinski definition) is 1. The number of H-pyrrole nitrogens is 1. The number of aromatic amines is 1. The molecule has 0 unspecified atom stereocenters. The molecule has 0 aliphatic rings. The molecule has 8 rings (SSSR count). The van der Waals surface area contributed by atoms with Crippen LogP contribution in [0.15, 0.2) is 146 Å². The highest BCUT2D eigenvalue weighted by Crippen LogP contribution is 2.44. The van der Waals surface area contributed by atoms with E-state index in [0.717, 1.165) is 28.0 Å². The van der Waals surface area contributed by atoms with E-state index in [0.29, 0.717) is 0 Å². The molecule has 0 aliphatic heterocycles. The minimum atomic E-state index is 1.08. The Morgan fingerprint density at radius 1 is 0.400 bits per heavy atom. The van der Waals surface area contributed by atoms with E-state index in [2.05, 4.69) is 156 Å². The van der Waals surface area contributed by atoms with Gasteiger partial charge in [0.1, 0.15) is 0 Å². The Kier molecular flexibility index (Phi) is 5.17. The fourth-order valence-electron chi connectivity index (χ4n) is 6.16. The lowest BCUT2D eigenvalue weighted by atomic mass is 9.91. The van der Waals surface area contributed by atoms with Crippen molar-refractivity contribution in [2.24, 2.45) is 0 Å². The lowest BCUT2D eigenvalue weighted by Crippen LogP contribution is -1.96. The van der Waals surface area contributed by atoms with Crippen LogP contribution in [0.3, 0.4) is 0 Å². The number of benzene rings is 7. The maximum absolute atomic E-state index is 3.84. The molecule has 2 heteroatoms. The summed E-state index contributed by atoms with van der Waals surface area (Å²) in [5.74, 6) is 0. The van der Waals surface area contributed by atoms with Gasteiger partial charge in [-0.15, -0.1) is 0 Å². The largest absolute Gasteiger partial charge is 0.355 e. The van der Waals surface area contributed by atoms with E-state index < -0.39 is 0 Å². The minimum Gasteiger partial charge on any atom is -0.355 e. The normalized spacial score (nSPS) is 11.5. The molecule has 8 aromatic rings. The van der Waals surface area contributed by atoms with Crippen molar-refractivity contribution in [2.45, 2.75) is 0 Å². The molecule has 1 aromatic heterocycles. The molecule has 7 aromatic carbocycles. The molecular formula is C38H26N2. The summed E-state index contributed by atoms with van der Waals surface area (Å²) in [5.41, 5.74) is 9.25. The molecule has 0 saturated heterocycles. The third-order valence-corrected chi connectivity index (χ3v) is 8.02. The smallest absolute Gasteiger partial charge is 0.0551 e. The summed E-state index contributed by atoms with van der Waals surface area (Å²) in [6.45, 7) is 0. The molecule has 0 amide bonds. The van der Waals surface area contributed by atoms with Gasteiger partial charge in [-0.2, -0.15) is 0 Å². The van der Waals surface area contributed by atoms with Crippen molar-refractivity contribution in [3.05, 3.63) is 146 Å². The van der Waals surface area contributed by atoms with Crippen LogP contribution in [0.4, 0.5) is 11.4 Å². The van der Waals surface area contributed by atoms with Crippen molar-refractivity contribution in [1.82, 2.24) is 4.98 Å². The van der Waals surface area contributed by atoms with Crippen LogP contribution in [-0.2, 0) is 0 Å². The lowest BCUT2D eigenvalue weighted by Gasteiger charge is -2.18.